The van der Waals surface area contributed by atoms with Gasteiger partial charge in [-0.25, -0.2) is 4.39 Å². The molecule has 0 saturated carbocycles. The van der Waals surface area contributed by atoms with E-state index >= 15 is 0 Å². The molecule has 1 aliphatic heterocycles. The highest BCUT2D eigenvalue weighted by Crippen LogP contribution is 2.25. The van der Waals surface area contributed by atoms with Crippen molar-refractivity contribution in [3.05, 3.63) is 70.5 Å². The molecule has 1 heterocycles. The van der Waals surface area contributed by atoms with Gasteiger partial charge in [0.2, 0.25) is 5.91 Å². The van der Waals surface area contributed by atoms with Gasteiger partial charge in [0.25, 0.3) is 0 Å². The number of nitrogens with zero attached hydrogens (tertiary/aromatic N) is 1. The minimum absolute atomic E-state index is 0.139. The molecule has 0 radical (unpaired) electrons. The Kier molecular flexibility index (Phi) is 6.98. The molecule has 0 bridgehead atoms. The largest absolute Gasteiger partial charge is 0.342 e. The van der Waals surface area contributed by atoms with Crippen LogP contribution >= 0.6 is 23.4 Å². The minimum atomic E-state index is -0.306. The molecule has 0 N–H and O–H groups in total. The molecule has 2 aromatic rings. The first-order valence-corrected chi connectivity index (χ1v) is 10.5. The zero-order valence-electron chi connectivity index (χ0n) is 14.7. The normalized spacial score (nSPS) is 15.2. The Morgan fingerprint density at radius 1 is 1.12 bits per heavy atom. The van der Waals surface area contributed by atoms with Crippen molar-refractivity contribution in [3.8, 4) is 0 Å². The van der Waals surface area contributed by atoms with Crippen LogP contribution in [0, 0.1) is 11.7 Å². The van der Waals surface area contributed by atoms with Gasteiger partial charge in [-0.05, 0) is 42.9 Å². The lowest BCUT2D eigenvalue weighted by Gasteiger charge is -2.32. The Balaban J connectivity index is 1.41. The van der Waals surface area contributed by atoms with Gasteiger partial charge in [-0.3, -0.25) is 4.79 Å². The minimum Gasteiger partial charge on any atom is -0.342 e. The van der Waals surface area contributed by atoms with E-state index in [9.17, 15) is 9.18 Å². The molecule has 1 fully saturated rings. The molecule has 0 spiro atoms. The van der Waals surface area contributed by atoms with Crippen molar-refractivity contribution >= 4 is 29.3 Å². The van der Waals surface area contributed by atoms with Gasteiger partial charge in [-0.1, -0.05) is 48.0 Å². The molecule has 3 rings (SSSR count). The number of carbonyl (C=O) groups excluding carboxylic acids is 1. The lowest BCUT2D eigenvalue weighted by atomic mass is 9.90. The summed E-state index contributed by atoms with van der Waals surface area (Å²) >= 11 is 7.45. The fourth-order valence-electron chi connectivity index (χ4n) is 3.34. The van der Waals surface area contributed by atoms with Crippen LogP contribution in [0.4, 0.5) is 4.39 Å². The van der Waals surface area contributed by atoms with E-state index < -0.39 is 0 Å². The number of carbonyl (C=O) groups is 1. The third-order valence-electron chi connectivity index (χ3n) is 4.87. The molecule has 5 heteroatoms. The fraction of sp³-hybridized carbons (Fsp3) is 0.381. The maximum Gasteiger partial charge on any atom is 0.232 e. The summed E-state index contributed by atoms with van der Waals surface area (Å²) in [6, 6.07) is 15.2. The van der Waals surface area contributed by atoms with E-state index in [0.29, 0.717) is 28.0 Å². The molecule has 1 saturated heterocycles. The van der Waals surface area contributed by atoms with Gasteiger partial charge in [0.05, 0.1) is 5.75 Å². The predicted octanol–water partition coefficient (Wildman–Crippen LogP) is 5.19. The van der Waals surface area contributed by atoms with Crippen molar-refractivity contribution in [2.45, 2.75) is 25.0 Å². The Bertz CT molecular complexity index is 712. The Morgan fingerprint density at radius 2 is 1.85 bits per heavy atom. The lowest BCUT2D eigenvalue weighted by molar-refractivity contribution is -0.129. The molecule has 2 aromatic carbocycles. The molecule has 1 amide bonds. The Morgan fingerprint density at radius 3 is 2.54 bits per heavy atom. The van der Waals surface area contributed by atoms with Crippen molar-refractivity contribution < 1.29 is 9.18 Å². The van der Waals surface area contributed by atoms with E-state index in [2.05, 4.69) is 24.3 Å². The van der Waals surface area contributed by atoms with Crippen molar-refractivity contribution in [2.24, 2.45) is 5.92 Å². The van der Waals surface area contributed by atoms with Crippen LogP contribution in [0.5, 0.6) is 0 Å². The van der Waals surface area contributed by atoms with E-state index in [0.717, 1.165) is 32.4 Å². The van der Waals surface area contributed by atoms with Gasteiger partial charge >= 0.3 is 0 Å². The molecule has 0 unspecified atom stereocenters. The summed E-state index contributed by atoms with van der Waals surface area (Å²) in [6.45, 7) is 1.63. The quantitative estimate of drug-likeness (QED) is 0.675. The summed E-state index contributed by atoms with van der Waals surface area (Å²) in [7, 11) is 0. The van der Waals surface area contributed by atoms with Crippen LogP contribution in [-0.2, 0) is 17.0 Å². The molecule has 0 aromatic heterocycles. The highest BCUT2D eigenvalue weighted by Gasteiger charge is 2.23. The lowest BCUT2D eigenvalue weighted by Crippen LogP contribution is -2.39. The number of thioether (sulfide) groups is 1. The number of likely N-dealkylation sites (tertiary alicyclic amines) is 1. The Hall–Kier alpha value is -1.52. The van der Waals surface area contributed by atoms with Crippen LogP contribution in [0.25, 0.3) is 0 Å². The first-order valence-electron chi connectivity index (χ1n) is 8.96. The van der Waals surface area contributed by atoms with Crippen molar-refractivity contribution in [1.82, 2.24) is 4.90 Å². The summed E-state index contributed by atoms with van der Waals surface area (Å²) in [5, 5.41) is 0.423. The first-order chi connectivity index (χ1) is 12.6. The number of hydrogen-bond acceptors (Lipinski definition) is 2. The van der Waals surface area contributed by atoms with E-state index in [1.165, 1.54) is 23.4 Å². The van der Waals surface area contributed by atoms with Crippen LogP contribution in [0.3, 0.4) is 0 Å². The molecular weight excluding hydrogens is 369 g/mol. The maximum atomic E-state index is 13.8. The molecule has 26 heavy (non-hydrogen) atoms. The molecule has 0 aliphatic carbocycles. The van der Waals surface area contributed by atoms with Gasteiger partial charge < -0.3 is 4.90 Å². The van der Waals surface area contributed by atoms with Crippen LogP contribution in [-0.4, -0.2) is 29.6 Å². The van der Waals surface area contributed by atoms with E-state index in [1.54, 1.807) is 12.1 Å². The molecule has 2 nitrogen and oxygen atoms in total. The number of amides is 1. The monoisotopic (exact) mass is 391 g/mol. The third kappa shape index (κ3) is 5.24. The third-order valence-corrected chi connectivity index (χ3v) is 6.17. The van der Waals surface area contributed by atoms with E-state index in [-0.39, 0.29) is 11.7 Å². The standard InChI is InChI=1S/C21H23ClFNOS/c22-19-7-4-8-20(23)18(19)14-26-15-21(25)24-11-9-17(10-12-24)13-16-5-2-1-3-6-16/h1-8,17H,9-15H2. The van der Waals surface area contributed by atoms with Crippen LogP contribution in [0.2, 0.25) is 5.02 Å². The SMILES string of the molecule is O=C(CSCc1c(F)cccc1Cl)N1CCC(Cc2ccccc2)CC1. The highest BCUT2D eigenvalue weighted by atomic mass is 35.5. The number of rotatable bonds is 6. The number of piperidine rings is 1. The first kappa shape index (κ1) is 19.2. The van der Waals surface area contributed by atoms with Gasteiger partial charge in [-0.2, -0.15) is 0 Å². The highest BCUT2D eigenvalue weighted by molar-refractivity contribution is 7.99. The number of halogens is 2. The van der Waals surface area contributed by atoms with Gasteiger partial charge in [0, 0.05) is 29.4 Å². The van der Waals surface area contributed by atoms with Crippen molar-refractivity contribution in [2.75, 3.05) is 18.8 Å². The summed E-state index contributed by atoms with van der Waals surface area (Å²) in [4.78, 5) is 14.3. The van der Waals surface area contributed by atoms with Gasteiger partial charge in [0.15, 0.2) is 0 Å². The smallest absolute Gasteiger partial charge is 0.232 e. The second kappa shape index (κ2) is 9.43. The average molecular weight is 392 g/mol. The average Bonchev–Trinajstić information content (AvgIpc) is 2.65. The van der Waals surface area contributed by atoms with Crippen molar-refractivity contribution in [3.63, 3.8) is 0 Å². The maximum absolute atomic E-state index is 13.8. The van der Waals surface area contributed by atoms with Crippen molar-refractivity contribution in [1.29, 1.82) is 0 Å². The van der Waals surface area contributed by atoms with Crippen LogP contribution in [0.15, 0.2) is 48.5 Å². The van der Waals surface area contributed by atoms with E-state index in [1.807, 2.05) is 11.0 Å². The summed E-state index contributed by atoms with van der Waals surface area (Å²) in [6.07, 6.45) is 3.18. The van der Waals surface area contributed by atoms with Gasteiger partial charge in [0.1, 0.15) is 5.82 Å². The summed E-state index contributed by atoms with van der Waals surface area (Å²) < 4.78 is 13.8. The number of hydrogen-bond donors (Lipinski definition) is 0. The van der Waals surface area contributed by atoms with Crippen LogP contribution < -0.4 is 0 Å². The molecule has 138 valence electrons. The molecular formula is C21H23ClFNOS. The van der Waals surface area contributed by atoms with E-state index in [4.69, 9.17) is 11.6 Å². The predicted molar refractivity (Wildman–Crippen MR) is 107 cm³/mol. The second-order valence-electron chi connectivity index (χ2n) is 6.71. The zero-order chi connectivity index (χ0) is 18.4. The topological polar surface area (TPSA) is 20.3 Å². The Labute approximate surface area is 163 Å². The molecule has 0 atom stereocenters. The second-order valence-corrected chi connectivity index (χ2v) is 8.10. The number of benzene rings is 2. The summed E-state index contributed by atoms with van der Waals surface area (Å²) in [5.41, 5.74) is 1.85. The van der Waals surface area contributed by atoms with Gasteiger partial charge in [-0.15, -0.1) is 11.8 Å². The van der Waals surface area contributed by atoms with Crippen LogP contribution in [0.1, 0.15) is 24.0 Å². The summed E-state index contributed by atoms with van der Waals surface area (Å²) in [5.74, 6) is 1.27. The zero-order valence-corrected chi connectivity index (χ0v) is 16.2. The molecule has 1 aliphatic rings. The fourth-order valence-corrected chi connectivity index (χ4v) is 4.60.